The second kappa shape index (κ2) is 6.52. The largest absolute Gasteiger partial charge is 0.394 e. The highest BCUT2D eigenvalue weighted by atomic mass is 16.3. The van der Waals surface area contributed by atoms with E-state index in [1.165, 1.54) is 12.8 Å². The van der Waals surface area contributed by atoms with E-state index in [-0.39, 0.29) is 18.6 Å². The number of nitrogens with one attached hydrogen (secondary N) is 2. The van der Waals surface area contributed by atoms with Gasteiger partial charge in [0.2, 0.25) is 5.91 Å². The lowest BCUT2D eigenvalue weighted by Crippen LogP contribution is -2.33. The van der Waals surface area contributed by atoms with Crippen LogP contribution in [0, 0.1) is 0 Å². The molecule has 1 aromatic carbocycles. The molecule has 0 bridgehead atoms. The lowest BCUT2D eigenvalue weighted by Gasteiger charge is -2.16. The van der Waals surface area contributed by atoms with Crippen molar-refractivity contribution >= 4 is 5.91 Å². The summed E-state index contributed by atoms with van der Waals surface area (Å²) in [6.07, 6.45) is 2.91. The van der Waals surface area contributed by atoms with Crippen LogP contribution >= 0.6 is 0 Å². The van der Waals surface area contributed by atoms with Crippen LogP contribution < -0.4 is 10.6 Å². The topological polar surface area (TPSA) is 61.4 Å². The molecular formula is C14H20N2O2. The molecule has 0 spiro atoms. The van der Waals surface area contributed by atoms with Crippen LogP contribution in [-0.4, -0.2) is 30.2 Å². The molecule has 1 aliphatic rings. The van der Waals surface area contributed by atoms with Gasteiger partial charge in [0.15, 0.2) is 0 Å². The first kappa shape index (κ1) is 13.1. The van der Waals surface area contributed by atoms with Crippen molar-refractivity contribution in [3.05, 3.63) is 35.9 Å². The van der Waals surface area contributed by atoms with Gasteiger partial charge in [0.05, 0.1) is 12.6 Å². The van der Waals surface area contributed by atoms with Crippen LogP contribution in [-0.2, 0) is 4.79 Å². The van der Waals surface area contributed by atoms with Crippen molar-refractivity contribution < 1.29 is 9.90 Å². The van der Waals surface area contributed by atoms with E-state index in [0.717, 1.165) is 5.56 Å². The number of amides is 1. The Labute approximate surface area is 107 Å². The fraction of sp³-hybridized carbons (Fsp3) is 0.500. The highest BCUT2D eigenvalue weighted by Crippen LogP contribution is 2.18. The third kappa shape index (κ3) is 4.13. The minimum absolute atomic E-state index is 0.0222. The molecule has 0 saturated heterocycles. The summed E-state index contributed by atoms with van der Waals surface area (Å²) in [7, 11) is 0. The third-order valence-electron chi connectivity index (χ3n) is 3.08. The van der Waals surface area contributed by atoms with E-state index in [1.54, 1.807) is 0 Å². The molecule has 0 radical (unpaired) electrons. The molecule has 1 fully saturated rings. The van der Waals surface area contributed by atoms with Gasteiger partial charge in [-0.05, 0) is 18.4 Å². The van der Waals surface area contributed by atoms with E-state index in [2.05, 4.69) is 10.6 Å². The van der Waals surface area contributed by atoms with Crippen LogP contribution in [0.2, 0.25) is 0 Å². The fourth-order valence-corrected chi connectivity index (χ4v) is 1.86. The number of hydrogen-bond acceptors (Lipinski definition) is 3. The Morgan fingerprint density at radius 1 is 1.33 bits per heavy atom. The average molecular weight is 248 g/mol. The summed E-state index contributed by atoms with van der Waals surface area (Å²) >= 11 is 0. The van der Waals surface area contributed by atoms with E-state index in [9.17, 15) is 9.90 Å². The monoisotopic (exact) mass is 248 g/mol. The second-order valence-electron chi connectivity index (χ2n) is 4.69. The summed E-state index contributed by atoms with van der Waals surface area (Å²) in [5.74, 6) is -0.0222. The summed E-state index contributed by atoms with van der Waals surface area (Å²) < 4.78 is 0. The number of carbonyl (C=O) groups is 1. The number of aliphatic hydroxyl groups is 1. The van der Waals surface area contributed by atoms with Crippen LogP contribution in [0.3, 0.4) is 0 Å². The summed E-state index contributed by atoms with van der Waals surface area (Å²) in [6.45, 7) is 0.634. The highest BCUT2D eigenvalue weighted by molar-refractivity contribution is 5.76. The first-order chi connectivity index (χ1) is 8.79. The molecule has 3 N–H and O–H groups in total. The lowest BCUT2D eigenvalue weighted by molar-refractivity contribution is -0.122. The summed E-state index contributed by atoms with van der Waals surface area (Å²) in [5.41, 5.74) is 0.934. The van der Waals surface area contributed by atoms with E-state index < -0.39 is 0 Å². The minimum atomic E-state index is -0.306. The quantitative estimate of drug-likeness (QED) is 0.674. The van der Waals surface area contributed by atoms with Gasteiger partial charge in [0.1, 0.15) is 0 Å². The number of benzene rings is 1. The SMILES string of the molecule is O=C(CCNC1CC1)NC(CO)c1ccccc1. The van der Waals surface area contributed by atoms with E-state index in [4.69, 9.17) is 0 Å². The molecular weight excluding hydrogens is 228 g/mol. The molecule has 1 atom stereocenters. The van der Waals surface area contributed by atoms with E-state index >= 15 is 0 Å². The van der Waals surface area contributed by atoms with Crippen LogP contribution in [0.5, 0.6) is 0 Å². The molecule has 2 rings (SSSR count). The molecule has 18 heavy (non-hydrogen) atoms. The molecule has 1 saturated carbocycles. The first-order valence-electron chi connectivity index (χ1n) is 6.48. The maximum Gasteiger partial charge on any atom is 0.221 e. The van der Waals surface area contributed by atoms with Crippen molar-refractivity contribution in [2.45, 2.75) is 31.3 Å². The number of carbonyl (C=O) groups excluding carboxylic acids is 1. The fourth-order valence-electron chi connectivity index (χ4n) is 1.86. The van der Waals surface area contributed by atoms with Gasteiger partial charge in [-0.3, -0.25) is 4.79 Å². The molecule has 4 nitrogen and oxygen atoms in total. The lowest BCUT2D eigenvalue weighted by atomic mass is 10.1. The van der Waals surface area contributed by atoms with Crippen LogP contribution in [0.15, 0.2) is 30.3 Å². The molecule has 4 heteroatoms. The Bertz CT molecular complexity index is 377. The van der Waals surface area contributed by atoms with E-state index in [0.29, 0.717) is 19.0 Å². The zero-order valence-corrected chi connectivity index (χ0v) is 10.4. The molecule has 1 unspecified atom stereocenters. The van der Waals surface area contributed by atoms with Gasteiger partial charge in [-0.15, -0.1) is 0 Å². The predicted octanol–water partition coefficient (Wildman–Crippen LogP) is 0.978. The molecule has 1 aliphatic carbocycles. The normalized spacial score (nSPS) is 16.3. The van der Waals surface area contributed by atoms with Gasteiger partial charge in [-0.2, -0.15) is 0 Å². The maximum atomic E-state index is 11.7. The summed E-state index contributed by atoms with van der Waals surface area (Å²) in [6, 6.07) is 9.85. The molecule has 1 aromatic rings. The van der Waals surface area contributed by atoms with Crippen LogP contribution in [0.4, 0.5) is 0 Å². The van der Waals surface area contributed by atoms with Crippen LogP contribution in [0.1, 0.15) is 30.9 Å². The Morgan fingerprint density at radius 3 is 2.67 bits per heavy atom. The van der Waals surface area contributed by atoms with Gasteiger partial charge in [-0.25, -0.2) is 0 Å². The molecule has 0 aliphatic heterocycles. The third-order valence-corrected chi connectivity index (χ3v) is 3.08. The van der Waals surface area contributed by atoms with Crippen molar-refractivity contribution in [1.29, 1.82) is 0 Å². The maximum absolute atomic E-state index is 11.7. The van der Waals surface area contributed by atoms with Crippen molar-refractivity contribution in [3.63, 3.8) is 0 Å². The number of hydrogen-bond donors (Lipinski definition) is 3. The van der Waals surface area contributed by atoms with Crippen LogP contribution in [0.25, 0.3) is 0 Å². The van der Waals surface area contributed by atoms with Gasteiger partial charge in [-0.1, -0.05) is 30.3 Å². The van der Waals surface area contributed by atoms with Gasteiger partial charge >= 0.3 is 0 Å². The summed E-state index contributed by atoms with van der Waals surface area (Å²) in [4.78, 5) is 11.7. The first-order valence-corrected chi connectivity index (χ1v) is 6.48. The van der Waals surface area contributed by atoms with E-state index in [1.807, 2.05) is 30.3 Å². The molecule has 0 aromatic heterocycles. The zero-order chi connectivity index (χ0) is 12.8. The van der Waals surface area contributed by atoms with Crippen molar-refractivity contribution in [2.75, 3.05) is 13.2 Å². The standard InChI is InChI=1S/C14H20N2O2/c17-10-13(11-4-2-1-3-5-11)16-14(18)8-9-15-12-6-7-12/h1-5,12-13,15,17H,6-10H2,(H,16,18). The average Bonchev–Trinajstić information content (AvgIpc) is 3.21. The van der Waals surface area contributed by atoms with Gasteiger partial charge < -0.3 is 15.7 Å². The summed E-state index contributed by atoms with van der Waals surface area (Å²) in [5, 5.41) is 15.5. The van der Waals surface area contributed by atoms with Crippen molar-refractivity contribution in [3.8, 4) is 0 Å². The Morgan fingerprint density at radius 2 is 2.06 bits per heavy atom. The van der Waals surface area contributed by atoms with Gasteiger partial charge in [0, 0.05) is 19.0 Å². The van der Waals surface area contributed by atoms with Crippen molar-refractivity contribution in [1.82, 2.24) is 10.6 Å². The number of rotatable bonds is 7. The molecule has 1 amide bonds. The zero-order valence-electron chi connectivity index (χ0n) is 10.4. The molecule has 0 heterocycles. The number of aliphatic hydroxyl groups excluding tert-OH is 1. The Kier molecular flexibility index (Phi) is 4.73. The minimum Gasteiger partial charge on any atom is -0.394 e. The highest BCUT2D eigenvalue weighted by Gasteiger charge is 2.20. The van der Waals surface area contributed by atoms with Crippen molar-refractivity contribution in [2.24, 2.45) is 0 Å². The van der Waals surface area contributed by atoms with Gasteiger partial charge in [0.25, 0.3) is 0 Å². The Balaban J connectivity index is 1.76. The Hall–Kier alpha value is -1.39. The second-order valence-corrected chi connectivity index (χ2v) is 4.69. The smallest absolute Gasteiger partial charge is 0.221 e. The predicted molar refractivity (Wildman–Crippen MR) is 70.1 cm³/mol. The molecule has 98 valence electrons.